The van der Waals surface area contributed by atoms with Gasteiger partial charge < -0.3 is 4.42 Å². The lowest BCUT2D eigenvalue weighted by Gasteiger charge is -2.19. The fourth-order valence-electron chi connectivity index (χ4n) is 4.65. The number of hydrogen-bond acceptors (Lipinski definition) is 1. The van der Waals surface area contributed by atoms with E-state index in [2.05, 4.69) is 102 Å². The monoisotopic (exact) mass is 438 g/mol. The van der Waals surface area contributed by atoms with E-state index in [4.69, 9.17) is 4.42 Å². The first-order chi connectivity index (χ1) is 14.2. The van der Waals surface area contributed by atoms with Gasteiger partial charge in [-0.05, 0) is 50.7 Å². The Labute approximate surface area is 177 Å². The minimum Gasteiger partial charge on any atom is -0.455 e. The van der Waals surface area contributed by atoms with Gasteiger partial charge in [-0.25, -0.2) is 0 Å². The van der Waals surface area contributed by atoms with Gasteiger partial charge in [0.25, 0.3) is 0 Å². The Hall–Kier alpha value is -2.84. The number of rotatable bonds is 1. The van der Waals surface area contributed by atoms with Crippen molar-refractivity contribution in [2.45, 2.75) is 13.3 Å². The average Bonchev–Trinajstić information content (AvgIpc) is 3.12. The molecule has 1 nitrogen and oxygen atoms in total. The highest BCUT2D eigenvalue weighted by Crippen LogP contribution is 2.44. The zero-order chi connectivity index (χ0) is 19.5. The normalized spacial score (nSPS) is 17.2. The Morgan fingerprint density at radius 2 is 1.52 bits per heavy atom. The molecule has 1 aliphatic carbocycles. The van der Waals surface area contributed by atoms with Gasteiger partial charge in [0.2, 0.25) is 0 Å². The van der Waals surface area contributed by atoms with Crippen LogP contribution in [0, 0.1) is 5.92 Å². The molecule has 0 aliphatic heterocycles. The molecule has 1 aliphatic rings. The highest BCUT2D eigenvalue weighted by Gasteiger charge is 2.22. The topological polar surface area (TPSA) is 13.1 Å². The number of halogens is 1. The fourth-order valence-corrected chi connectivity index (χ4v) is 4.94. The summed E-state index contributed by atoms with van der Waals surface area (Å²) in [6.07, 6.45) is 5.43. The smallest absolute Gasteiger partial charge is 0.143 e. The molecule has 1 atom stereocenters. The minimum atomic E-state index is 0.467. The SMILES string of the molecule is CC1CC(c2c3ccccc3cc3c2oc2c4ccccc4ccc32)=CC=C1Br. The van der Waals surface area contributed by atoms with Gasteiger partial charge in [0, 0.05) is 21.7 Å². The summed E-state index contributed by atoms with van der Waals surface area (Å²) in [5.74, 6) is 0.467. The summed E-state index contributed by atoms with van der Waals surface area (Å²) < 4.78 is 7.90. The van der Waals surface area contributed by atoms with Crippen LogP contribution in [0.4, 0.5) is 0 Å². The van der Waals surface area contributed by atoms with Crippen LogP contribution < -0.4 is 0 Å². The predicted molar refractivity (Wildman–Crippen MR) is 128 cm³/mol. The number of hydrogen-bond donors (Lipinski definition) is 0. The molecule has 0 radical (unpaired) electrons. The van der Waals surface area contributed by atoms with Crippen LogP contribution in [-0.4, -0.2) is 0 Å². The molecule has 0 amide bonds. The number of benzene rings is 4. The average molecular weight is 439 g/mol. The van der Waals surface area contributed by atoms with Crippen molar-refractivity contribution in [3.8, 4) is 0 Å². The predicted octanol–water partition coefficient (Wildman–Crippen LogP) is 8.59. The van der Waals surface area contributed by atoms with Crippen LogP contribution in [0.2, 0.25) is 0 Å². The number of allylic oxidation sites excluding steroid dienone is 4. The maximum absolute atomic E-state index is 6.65. The molecule has 4 aromatic carbocycles. The molecule has 0 bridgehead atoms. The van der Waals surface area contributed by atoms with Gasteiger partial charge in [-0.2, -0.15) is 0 Å². The van der Waals surface area contributed by atoms with Gasteiger partial charge >= 0.3 is 0 Å². The third-order valence-corrected chi connectivity index (χ3v) is 7.18. The molecular formula is C27H19BrO. The second-order valence-corrected chi connectivity index (χ2v) is 8.88. The van der Waals surface area contributed by atoms with E-state index in [0.717, 1.165) is 17.6 Å². The van der Waals surface area contributed by atoms with E-state index >= 15 is 0 Å². The van der Waals surface area contributed by atoms with Crippen LogP contribution >= 0.6 is 15.9 Å². The van der Waals surface area contributed by atoms with Crippen LogP contribution in [0.1, 0.15) is 18.9 Å². The molecule has 6 rings (SSSR count). The Balaban J connectivity index is 1.80. The van der Waals surface area contributed by atoms with Gasteiger partial charge in [-0.3, -0.25) is 0 Å². The Kier molecular flexibility index (Phi) is 3.72. The lowest BCUT2D eigenvalue weighted by Crippen LogP contribution is -2.01. The van der Waals surface area contributed by atoms with Gasteiger partial charge in [0.15, 0.2) is 0 Å². The lowest BCUT2D eigenvalue weighted by molar-refractivity contribution is 0.670. The van der Waals surface area contributed by atoms with E-state index in [0.29, 0.717) is 5.92 Å². The van der Waals surface area contributed by atoms with Gasteiger partial charge in [-0.15, -0.1) is 0 Å². The molecule has 0 fully saturated rings. The van der Waals surface area contributed by atoms with E-state index in [1.807, 2.05) is 0 Å². The van der Waals surface area contributed by atoms with Crippen LogP contribution in [0.3, 0.4) is 0 Å². The lowest BCUT2D eigenvalue weighted by atomic mass is 9.87. The van der Waals surface area contributed by atoms with Crippen molar-refractivity contribution in [1.82, 2.24) is 0 Å². The fraction of sp³-hybridized carbons (Fsp3) is 0.111. The summed E-state index contributed by atoms with van der Waals surface area (Å²) >= 11 is 3.70. The Morgan fingerprint density at radius 3 is 2.34 bits per heavy atom. The zero-order valence-corrected chi connectivity index (χ0v) is 17.7. The van der Waals surface area contributed by atoms with E-state index in [1.165, 1.54) is 47.9 Å². The third-order valence-electron chi connectivity index (χ3n) is 6.14. The van der Waals surface area contributed by atoms with Crippen molar-refractivity contribution in [1.29, 1.82) is 0 Å². The van der Waals surface area contributed by atoms with Crippen molar-refractivity contribution >= 4 is 65.0 Å². The summed E-state index contributed by atoms with van der Waals surface area (Å²) in [6, 6.07) is 23.8. The van der Waals surface area contributed by atoms with Gasteiger partial charge in [0.05, 0.1) is 0 Å². The first kappa shape index (κ1) is 17.1. The Bertz CT molecular complexity index is 1500. The van der Waals surface area contributed by atoms with Crippen molar-refractivity contribution in [3.63, 3.8) is 0 Å². The molecule has 1 heterocycles. The van der Waals surface area contributed by atoms with Crippen LogP contribution in [0.5, 0.6) is 0 Å². The second-order valence-electron chi connectivity index (χ2n) is 7.96. The largest absolute Gasteiger partial charge is 0.455 e. The summed E-state index contributed by atoms with van der Waals surface area (Å²) in [7, 11) is 0. The molecule has 140 valence electrons. The van der Waals surface area contributed by atoms with Crippen LogP contribution in [0.25, 0.3) is 49.1 Å². The number of fused-ring (bicyclic) bond motifs is 6. The molecule has 0 spiro atoms. The van der Waals surface area contributed by atoms with E-state index < -0.39 is 0 Å². The molecule has 1 unspecified atom stereocenters. The summed E-state index contributed by atoms with van der Waals surface area (Å²) in [5.41, 5.74) is 4.56. The molecule has 1 aromatic heterocycles. The zero-order valence-electron chi connectivity index (χ0n) is 16.1. The van der Waals surface area contributed by atoms with Gasteiger partial charge in [-0.1, -0.05) is 89.6 Å². The molecule has 29 heavy (non-hydrogen) atoms. The maximum Gasteiger partial charge on any atom is 0.143 e. The van der Waals surface area contributed by atoms with E-state index in [-0.39, 0.29) is 0 Å². The molecule has 0 saturated carbocycles. The van der Waals surface area contributed by atoms with Crippen molar-refractivity contribution in [3.05, 3.63) is 88.9 Å². The highest BCUT2D eigenvalue weighted by atomic mass is 79.9. The highest BCUT2D eigenvalue weighted by molar-refractivity contribution is 9.11. The Morgan fingerprint density at radius 1 is 0.759 bits per heavy atom. The first-order valence-corrected chi connectivity index (χ1v) is 10.8. The molecule has 0 N–H and O–H groups in total. The summed E-state index contributed by atoms with van der Waals surface area (Å²) in [4.78, 5) is 0. The quantitative estimate of drug-likeness (QED) is 0.255. The van der Waals surface area contributed by atoms with Crippen molar-refractivity contribution in [2.75, 3.05) is 0 Å². The standard InChI is InChI=1S/C27H19BrO/c1-16-14-19(11-13-24(16)28)25-20-8-4-3-7-18(20)15-23-22-12-10-17-6-2-5-9-21(17)26(22)29-27(23)25/h2-13,15-16H,14H2,1H3. The molecular weight excluding hydrogens is 420 g/mol. The molecule has 2 heteroatoms. The van der Waals surface area contributed by atoms with Crippen molar-refractivity contribution < 1.29 is 4.42 Å². The maximum atomic E-state index is 6.65. The molecule has 0 saturated heterocycles. The minimum absolute atomic E-state index is 0.467. The van der Waals surface area contributed by atoms with E-state index in [1.54, 1.807) is 0 Å². The summed E-state index contributed by atoms with van der Waals surface area (Å²) in [6.45, 7) is 2.27. The van der Waals surface area contributed by atoms with Crippen LogP contribution in [0.15, 0.2) is 87.8 Å². The van der Waals surface area contributed by atoms with Gasteiger partial charge in [0.1, 0.15) is 11.2 Å². The number of furan rings is 1. The van der Waals surface area contributed by atoms with Crippen molar-refractivity contribution in [2.24, 2.45) is 5.92 Å². The summed E-state index contributed by atoms with van der Waals surface area (Å²) in [5, 5.41) is 7.28. The van der Waals surface area contributed by atoms with E-state index in [9.17, 15) is 0 Å². The first-order valence-electron chi connectivity index (χ1n) is 10.0. The molecule has 5 aromatic rings. The second kappa shape index (κ2) is 6.33. The van der Waals surface area contributed by atoms with Crippen LogP contribution in [-0.2, 0) is 0 Å². The third kappa shape index (κ3) is 2.52.